The Morgan fingerprint density at radius 2 is 2.20 bits per heavy atom. The van der Waals surface area contributed by atoms with E-state index in [1.807, 2.05) is 23.8 Å². The van der Waals surface area contributed by atoms with Crippen molar-refractivity contribution in [2.75, 3.05) is 6.54 Å². The molecule has 0 spiro atoms. The monoisotopic (exact) mass is 206 g/mol. The molecule has 0 radical (unpaired) electrons. The van der Waals surface area contributed by atoms with E-state index in [9.17, 15) is 4.39 Å². The van der Waals surface area contributed by atoms with Gasteiger partial charge in [-0.1, -0.05) is 12.1 Å². The van der Waals surface area contributed by atoms with Crippen LogP contribution in [-0.2, 0) is 6.54 Å². The van der Waals surface area contributed by atoms with Gasteiger partial charge in [-0.25, -0.2) is 4.39 Å². The van der Waals surface area contributed by atoms with E-state index in [2.05, 4.69) is 0 Å². The molecular weight excluding hydrogens is 191 g/mol. The van der Waals surface area contributed by atoms with Gasteiger partial charge >= 0.3 is 0 Å². The summed E-state index contributed by atoms with van der Waals surface area (Å²) in [5.74, 6) is -0.155. The first-order chi connectivity index (χ1) is 7.24. The summed E-state index contributed by atoms with van der Waals surface area (Å²) in [6.45, 7) is 3.41. The zero-order valence-corrected chi connectivity index (χ0v) is 8.83. The predicted octanol–water partition coefficient (Wildman–Crippen LogP) is 2.44. The summed E-state index contributed by atoms with van der Waals surface area (Å²) in [4.78, 5) is 0. The highest BCUT2D eigenvalue weighted by molar-refractivity contribution is 5.84. The number of rotatable bonds is 3. The first-order valence-corrected chi connectivity index (χ1v) is 5.18. The molecule has 0 amide bonds. The molecule has 0 saturated heterocycles. The molecular formula is C12H15FN2. The number of benzene rings is 1. The molecule has 2 nitrogen and oxygen atoms in total. The Bertz CT molecular complexity index is 474. The van der Waals surface area contributed by atoms with Crippen molar-refractivity contribution in [2.45, 2.75) is 19.9 Å². The van der Waals surface area contributed by atoms with Crippen LogP contribution < -0.4 is 5.73 Å². The van der Waals surface area contributed by atoms with Crippen LogP contribution in [0.5, 0.6) is 0 Å². The highest BCUT2D eigenvalue weighted by atomic mass is 19.1. The van der Waals surface area contributed by atoms with Gasteiger partial charge in [0.1, 0.15) is 5.82 Å². The van der Waals surface area contributed by atoms with Gasteiger partial charge in [-0.15, -0.1) is 0 Å². The van der Waals surface area contributed by atoms with E-state index in [0.717, 1.165) is 23.9 Å². The number of nitrogens with two attached hydrogens (primary N) is 1. The number of nitrogens with zero attached hydrogens (tertiary/aromatic N) is 1. The Labute approximate surface area is 88.5 Å². The Morgan fingerprint density at radius 3 is 2.93 bits per heavy atom. The first-order valence-electron chi connectivity index (χ1n) is 5.18. The fraction of sp³-hybridized carbons (Fsp3) is 0.333. The molecule has 2 N–H and O–H groups in total. The molecule has 0 aliphatic heterocycles. The number of aryl methyl sites for hydroxylation is 2. The van der Waals surface area contributed by atoms with E-state index < -0.39 is 0 Å². The molecule has 80 valence electrons. The summed E-state index contributed by atoms with van der Waals surface area (Å²) in [6, 6.07) is 5.20. The lowest BCUT2D eigenvalue weighted by Crippen LogP contribution is -2.05. The van der Waals surface area contributed by atoms with Crippen LogP contribution >= 0.6 is 0 Å². The Balaban J connectivity index is 2.54. The summed E-state index contributed by atoms with van der Waals surface area (Å²) in [5.41, 5.74) is 7.27. The second kappa shape index (κ2) is 4.03. The van der Waals surface area contributed by atoms with Crippen LogP contribution in [0.4, 0.5) is 4.39 Å². The lowest BCUT2D eigenvalue weighted by atomic mass is 10.2. The molecule has 0 aliphatic rings. The number of fused-ring (bicyclic) bond motifs is 1. The van der Waals surface area contributed by atoms with Crippen LogP contribution in [0.2, 0.25) is 0 Å². The maximum absolute atomic E-state index is 13.6. The van der Waals surface area contributed by atoms with E-state index in [-0.39, 0.29) is 5.82 Å². The van der Waals surface area contributed by atoms with Gasteiger partial charge in [-0.2, -0.15) is 0 Å². The standard InChI is InChI=1S/C12H15FN2/c1-9-8-15(7-3-6-14)12-10(9)4-2-5-11(12)13/h2,4-5,8H,3,6-7,14H2,1H3. The van der Waals surface area contributed by atoms with Crippen molar-refractivity contribution >= 4 is 10.9 Å². The molecule has 0 bridgehead atoms. The molecule has 1 heterocycles. The van der Waals surface area contributed by atoms with Crippen molar-refractivity contribution in [3.05, 3.63) is 35.8 Å². The van der Waals surface area contributed by atoms with Gasteiger partial charge in [0, 0.05) is 18.1 Å². The molecule has 0 aliphatic carbocycles. The van der Waals surface area contributed by atoms with Crippen LogP contribution in [0, 0.1) is 12.7 Å². The first kappa shape index (κ1) is 10.2. The van der Waals surface area contributed by atoms with Gasteiger partial charge in [0.2, 0.25) is 0 Å². The van der Waals surface area contributed by atoms with Gasteiger partial charge in [0.25, 0.3) is 0 Å². The minimum Gasteiger partial charge on any atom is -0.345 e. The molecule has 15 heavy (non-hydrogen) atoms. The highest BCUT2D eigenvalue weighted by Crippen LogP contribution is 2.23. The molecule has 2 aromatic rings. The molecule has 1 aromatic heterocycles. The van der Waals surface area contributed by atoms with Crippen molar-refractivity contribution in [1.82, 2.24) is 4.57 Å². The maximum atomic E-state index is 13.6. The van der Waals surface area contributed by atoms with Gasteiger partial charge < -0.3 is 10.3 Å². The molecule has 0 atom stereocenters. The van der Waals surface area contributed by atoms with Gasteiger partial charge in [-0.05, 0) is 31.5 Å². The van der Waals surface area contributed by atoms with E-state index in [1.54, 1.807) is 6.07 Å². The third-order valence-corrected chi connectivity index (χ3v) is 2.65. The summed E-state index contributed by atoms with van der Waals surface area (Å²) in [7, 11) is 0. The molecule has 1 aromatic carbocycles. The minimum absolute atomic E-state index is 0.155. The third-order valence-electron chi connectivity index (χ3n) is 2.65. The van der Waals surface area contributed by atoms with Crippen LogP contribution in [0.3, 0.4) is 0 Å². The maximum Gasteiger partial charge on any atom is 0.147 e. The molecule has 0 unspecified atom stereocenters. The fourth-order valence-electron chi connectivity index (χ4n) is 1.93. The number of aromatic nitrogens is 1. The number of halogens is 1. The summed E-state index contributed by atoms with van der Waals surface area (Å²) >= 11 is 0. The second-order valence-electron chi connectivity index (χ2n) is 3.78. The van der Waals surface area contributed by atoms with Gasteiger partial charge in [-0.3, -0.25) is 0 Å². The van der Waals surface area contributed by atoms with Crippen molar-refractivity contribution < 1.29 is 4.39 Å². The number of hydrogen-bond acceptors (Lipinski definition) is 1. The average molecular weight is 206 g/mol. The molecule has 3 heteroatoms. The van der Waals surface area contributed by atoms with E-state index in [4.69, 9.17) is 5.73 Å². The van der Waals surface area contributed by atoms with Crippen molar-refractivity contribution in [3.8, 4) is 0 Å². The quantitative estimate of drug-likeness (QED) is 0.821. The normalized spacial score (nSPS) is 11.1. The van der Waals surface area contributed by atoms with Crippen molar-refractivity contribution in [1.29, 1.82) is 0 Å². The minimum atomic E-state index is -0.155. The highest BCUT2D eigenvalue weighted by Gasteiger charge is 2.08. The van der Waals surface area contributed by atoms with Crippen molar-refractivity contribution in [2.24, 2.45) is 5.73 Å². The van der Waals surface area contributed by atoms with Crippen molar-refractivity contribution in [3.63, 3.8) is 0 Å². The summed E-state index contributed by atoms with van der Waals surface area (Å²) in [6.07, 6.45) is 2.86. The fourth-order valence-corrected chi connectivity index (χ4v) is 1.93. The smallest absolute Gasteiger partial charge is 0.147 e. The predicted molar refractivity (Wildman–Crippen MR) is 60.3 cm³/mol. The van der Waals surface area contributed by atoms with Crippen LogP contribution in [-0.4, -0.2) is 11.1 Å². The lowest BCUT2D eigenvalue weighted by Gasteiger charge is -2.04. The van der Waals surface area contributed by atoms with Crippen LogP contribution in [0.25, 0.3) is 10.9 Å². The average Bonchev–Trinajstić information content (AvgIpc) is 2.55. The summed E-state index contributed by atoms with van der Waals surface area (Å²) in [5, 5.41) is 0.993. The summed E-state index contributed by atoms with van der Waals surface area (Å²) < 4.78 is 15.6. The number of para-hydroxylation sites is 1. The Morgan fingerprint density at radius 1 is 1.40 bits per heavy atom. The molecule has 2 rings (SSSR count). The zero-order chi connectivity index (χ0) is 10.8. The largest absolute Gasteiger partial charge is 0.345 e. The van der Waals surface area contributed by atoms with Crippen LogP contribution in [0.1, 0.15) is 12.0 Å². The lowest BCUT2D eigenvalue weighted by molar-refractivity contribution is 0.612. The van der Waals surface area contributed by atoms with Gasteiger partial charge in [0.15, 0.2) is 0 Å². The topological polar surface area (TPSA) is 30.9 Å². The van der Waals surface area contributed by atoms with E-state index in [0.29, 0.717) is 12.1 Å². The molecule has 0 saturated carbocycles. The van der Waals surface area contributed by atoms with E-state index >= 15 is 0 Å². The van der Waals surface area contributed by atoms with Gasteiger partial charge in [0.05, 0.1) is 5.52 Å². The van der Waals surface area contributed by atoms with Crippen LogP contribution in [0.15, 0.2) is 24.4 Å². The Hall–Kier alpha value is -1.35. The molecule has 0 fully saturated rings. The second-order valence-corrected chi connectivity index (χ2v) is 3.78. The SMILES string of the molecule is Cc1cn(CCCN)c2c(F)cccc12. The third kappa shape index (κ3) is 1.75. The Kier molecular flexibility index (Phi) is 2.73. The number of hydrogen-bond donors (Lipinski definition) is 1. The van der Waals surface area contributed by atoms with E-state index in [1.165, 1.54) is 6.07 Å². The zero-order valence-electron chi connectivity index (χ0n) is 8.83.